The minimum absolute atomic E-state index is 0.0515. The van der Waals surface area contributed by atoms with E-state index < -0.39 is 0 Å². The Hall–Kier alpha value is -3.97. The van der Waals surface area contributed by atoms with Crippen molar-refractivity contribution in [2.45, 2.75) is 19.4 Å². The van der Waals surface area contributed by atoms with E-state index in [4.69, 9.17) is 4.74 Å². The standard InChI is InChI=1S/C30H32FN3O3/c1-37-18-17-34(29(35)19-23-7-3-2-4-8-23)22-30(36)33(21-24-11-13-26(31)14-12-24)16-15-25-20-32-28-10-6-5-9-27(25)28/h2-14,20,32H,15-19,21-22H2,1H3. The molecule has 37 heavy (non-hydrogen) atoms. The van der Waals surface area contributed by atoms with E-state index >= 15 is 0 Å². The summed E-state index contributed by atoms with van der Waals surface area (Å²) >= 11 is 0. The van der Waals surface area contributed by atoms with Crippen LogP contribution in [0.25, 0.3) is 10.9 Å². The highest BCUT2D eigenvalue weighted by molar-refractivity contribution is 5.86. The van der Waals surface area contributed by atoms with Crippen LogP contribution < -0.4 is 0 Å². The van der Waals surface area contributed by atoms with Gasteiger partial charge in [-0.3, -0.25) is 9.59 Å². The van der Waals surface area contributed by atoms with Gasteiger partial charge in [0.15, 0.2) is 0 Å². The summed E-state index contributed by atoms with van der Waals surface area (Å²) < 4.78 is 18.7. The maximum atomic E-state index is 13.6. The smallest absolute Gasteiger partial charge is 0.242 e. The molecule has 0 fully saturated rings. The molecule has 0 unspecified atom stereocenters. The largest absolute Gasteiger partial charge is 0.383 e. The SMILES string of the molecule is COCCN(CC(=O)N(CCc1c[nH]c2ccccc12)Cc1ccc(F)cc1)C(=O)Cc1ccccc1. The van der Waals surface area contributed by atoms with Gasteiger partial charge in [0, 0.05) is 43.8 Å². The first-order chi connectivity index (χ1) is 18.0. The van der Waals surface area contributed by atoms with E-state index in [1.165, 1.54) is 12.1 Å². The highest BCUT2D eigenvalue weighted by Crippen LogP contribution is 2.19. The maximum absolute atomic E-state index is 13.6. The second-order valence-corrected chi connectivity index (χ2v) is 9.02. The number of para-hydroxylation sites is 1. The third kappa shape index (κ3) is 7.27. The van der Waals surface area contributed by atoms with Crippen LogP contribution in [0.15, 0.2) is 85.1 Å². The summed E-state index contributed by atoms with van der Waals surface area (Å²) in [5, 5.41) is 1.12. The lowest BCUT2D eigenvalue weighted by Gasteiger charge is -2.28. The van der Waals surface area contributed by atoms with Crippen molar-refractivity contribution in [2.24, 2.45) is 0 Å². The number of hydrogen-bond acceptors (Lipinski definition) is 3. The first-order valence-corrected chi connectivity index (χ1v) is 12.4. The molecule has 7 heteroatoms. The number of halogens is 1. The van der Waals surface area contributed by atoms with E-state index in [2.05, 4.69) is 11.1 Å². The number of carbonyl (C=O) groups is 2. The van der Waals surface area contributed by atoms with Crippen LogP contribution in [-0.2, 0) is 33.7 Å². The summed E-state index contributed by atoms with van der Waals surface area (Å²) in [6.45, 7) is 1.39. The third-order valence-corrected chi connectivity index (χ3v) is 6.41. The van der Waals surface area contributed by atoms with E-state index in [1.54, 1.807) is 29.0 Å². The second-order valence-electron chi connectivity index (χ2n) is 9.02. The van der Waals surface area contributed by atoms with Gasteiger partial charge in [0.2, 0.25) is 11.8 Å². The van der Waals surface area contributed by atoms with Crippen LogP contribution in [0.3, 0.4) is 0 Å². The first kappa shape index (κ1) is 26.1. The van der Waals surface area contributed by atoms with Gasteiger partial charge in [0.25, 0.3) is 0 Å². The zero-order chi connectivity index (χ0) is 26.0. The molecule has 0 saturated heterocycles. The lowest BCUT2D eigenvalue weighted by atomic mass is 10.1. The molecule has 0 atom stereocenters. The fraction of sp³-hybridized carbons (Fsp3) is 0.267. The van der Waals surface area contributed by atoms with Gasteiger partial charge in [0.05, 0.1) is 19.6 Å². The highest BCUT2D eigenvalue weighted by atomic mass is 19.1. The fourth-order valence-electron chi connectivity index (χ4n) is 4.33. The summed E-state index contributed by atoms with van der Waals surface area (Å²) in [7, 11) is 1.57. The van der Waals surface area contributed by atoms with Gasteiger partial charge in [-0.2, -0.15) is 0 Å². The van der Waals surface area contributed by atoms with Gasteiger partial charge in [-0.25, -0.2) is 4.39 Å². The fourth-order valence-corrected chi connectivity index (χ4v) is 4.33. The summed E-state index contributed by atoms with van der Waals surface area (Å²) in [4.78, 5) is 33.3. The number of rotatable bonds is 12. The van der Waals surface area contributed by atoms with Crippen LogP contribution in [0.2, 0.25) is 0 Å². The van der Waals surface area contributed by atoms with Crippen LogP contribution in [-0.4, -0.2) is 59.9 Å². The number of benzene rings is 3. The number of amides is 2. The van der Waals surface area contributed by atoms with Crippen molar-refractivity contribution in [3.63, 3.8) is 0 Å². The molecule has 2 amide bonds. The van der Waals surface area contributed by atoms with Gasteiger partial charge in [0.1, 0.15) is 5.82 Å². The number of methoxy groups -OCH3 is 1. The quantitative estimate of drug-likeness (QED) is 0.309. The minimum Gasteiger partial charge on any atom is -0.383 e. The molecule has 3 aromatic carbocycles. The van der Waals surface area contributed by atoms with Crippen LogP contribution in [0.5, 0.6) is 0 Å². The number of fused-ring (bicyclic) bond motifs is 1. The molecule has 6 nitrogen and oxygen atoms in total. The molecule has 1 N–H and O–H groups in total. The monoisotopic (exact) mass is 501 g/mol. The molecule has 0 saturated carbocycles. The molecule has 0 spiro atoms. The number of carbonyl (C=O) groups excluding carboxylic acids is 2. The van der Waals surface area contributed by atoms with Crippen LogP contribution in [0.1, 0.15) is 16.7 Å². The second kappa shape index (κ2) is 12.8. The summed E-state index contributed by atoms with van der Waals surface area (Å²) in [6, 6.07) is 23.7. The average molecular weight is 502 g/mol. The third-order valence-electron chi connectivity index (χ3n) is 6.41. The van der Waals surface area contributed by atoms with Crippen molar-refractivity contribution in [1.29, 1.82) is 0 Å². The Bertz CT molecular complexity index is 1300. The lowest BCUT2D eigenvalue weighted by Crippen LogP contribution is -2.45. The first-order valence-electron chi connectivity index (χ1n) is 12.4. The zero-order valence-corrected chi connectivity index (χ0v) is 21.0. The number of nitrogens with zero attached hydrogens (tertiary/aromatic N) is 2. The molecule has 4 aromatic rings. The maximum Gasteiger partial charge on any atom is 0.242 e. The number of hydrogen-bond donors (Lipinski definition) is 1. The molecule has 0 aliphatic carbocycles. The zero-order valence-electron chi connectivity index (χ0n) is 21.0. The normalized spacial score (nSPS) is 11.0. The van der Waals surface area contributed by atoms with E-state index in [0.29, 0.717) is 32.7 Å². The predicted octanol–water partition coefficient (Wildman–Crippen LogP) is 4.60. The van der Waals surface area contributed by atoms with Gasteiger partial charge < -0.3 is 19.5 Å². The van der Waals surface area contributed by atoms with Crippen LogP contribution >= 0.6 is 0 Å². The van der Waals surface area contributed by atoms with Crippen molar-refractivity contribution in [2.75, 3.05) is 33.4 Å². The van der Waals surface area contributed by atoms with Crippen LogP contribution in [0, 0.1) is 5.82 Å². The number of ether oxygens (including phenoxy) is 1. The Balaban J connectivity index is 1.50. The Labute approximate surface area is 216 Å². The van der Waals surface area contributed by atoms with Crippen molar-refractivity contribution in [3.05, 3.63) is 108 Å². The number of aromatic amines is 1. The molecule has 1 aromatic heterocycles. The number of aromatic nitrogens is 1. The summed E-state index contributed by atoms with van der Waals surface area (Å²) in [6.07, 6.45) is 2.83. The van der Waals surface area contributed by atoms with Gasteiger partial charge in [-0.1, -0.05) is 60.7 Å². The molecular weight excluding hydrogens is 469 g/mol. The topological polar surface area (TPSA) is 65.6 Å². The molecule has 0 bridgehead atoms. The van der Waals surface area contributed by atoms with Gasteiger partial charge in [-0.05, 0) is 41.3 Å². The molecule has 192 valence electrons. The molecular formula is C30H32FN3O3. The van der Waals surface area contributed by atoms with Crippen molar-refractivity contribution >= 4 is 22.7 Å². The van der Waals surface area contributed by atoms with E-state index in [0.717, 1.165) is 27.6 Å². The van der Waals surface area contributed by atoms with E-state index in [1.807, 2.05) is 54.7 Å². The van der Waals surface area contributed by atoms with Gasteiger partial charge >= 0.3 is 0 Å². The Morgan fingerprint density at radius 1 is 0.838 bits per heavy atom. The van der Waals surface area contributed by atoms with Crippen molar-refractivity contribution in [3.8, 4) is 0 Å². The highest BCUT2D eigenvalue weighted by Gasteiger charge is 2.22. The van der Waals surface area contributed by atoms with E-state index in [9.17, 15) is 14.0 Å². The Morgan fingerprint density at radius 2 is 1.57 bits per heavy atom. The summed E-state index contributed by atoms with van der Waals surface area (Å²) in [5.74, 6) is -0.616. The molecule has 4 rings (SSSR count). The Kier molecular flexibility index (Phi) is 9.05. The van der Waals surface area contributed by atoms with Crippen molar-refractivity contribution in [1.82, 2.24) is 14.8 Å². The molecule has 0 aliphatic heterocycles. The molecule has 0 aliphatic rings. The number of nitrogens with one attached hydrogen (secondary N) is 1. The Morgan fingerprint density at radius 3 is 2.32 bits per heavy atom. The average Bonchev–Trinajstić information content (AvgIpc) is 3.33. The predicted molar refractivity (Wildman–Crippen MR) is 142 cm³/mol. The lowest BCUT2D eigenvalue weighted by molar-refractivity contribution is -0.141. The molecule has 1 heterocycles. The number of H-pyrrole nitrogens is 1. The molecule has 0 radical (unpaired) electrons. The van der Waals surface area contributed by atoms with Crippen molar-refractivity contribution < 1.29 is 18.7 Å². The summed E-state index contributed by atoms with van der Waals surface area (Å²) in [5.41, 5.74) is 3.88. The van der Waals surface area contributed by atoms with Gasteiger partial charge in [-0.15, -0.1) is 0 Å². The van der Waals surface area contributed by atoms with Crippen LogP contribution in [0.4, 0.5) is 4.39 Å². The minimum atomic E-state index is -0.322. The van der Waals surface area contributed by atoms with E-state index in [-0.39, 0.29) is 30.6 Å².